The predicted molar refractivity (Wildman–Crippen MR) is 42.8 cm³/mol. The van der Waals surface area contributed by atoms with Gasteiger partial charge in [-0.3, -0.25) is 0 Å². The van der Waals surface area contributed by atoms with E-state index in [9.17, 15) is 14.9 Å². The van der Waals surface area contributed by atoms with Crippen LogP contribution in [0.1, 0.15) is 12.2 Å². The van der Waals surface area contributed by atoms with Gasteiger partial charge in [0.25, 0.3) is 5.82 Å². The minimum Gasteiger partial charge on any atom is -0.358 e. The largest absolute Gasteiger partial charge is 0.358 e. The van der Waals surface area contributed by atoms with Crippen LogP contribution in [0, 0.1) is 22.0 Å². The molecular formula is C7H5N3O3. The number of nitro groups is 1. The number of carbonyl (C=O) groups is 1. The van der Waals surface area contributed by atoms with Crippen LogP contribution in [0.25, 0.3) is 0 Å². The fraction of sp³-hybridized carbons (Fsp3) is 0.143. The average molecular weight is 179 g/mol. The third kappa shape index (κ3) is 2.41. The Morgan fingerprint density at radius 3 is 3.08 bits per heavy atom. The molecule has 0 aliphatic rings. The van der Waals surface area contributed by atoms with Gasteiger partial charge < -0.3 is 14.9 Å². The Balaban J connectivity index is 2.76. The molecule has 0 fully saturated rings. The van der Waals surface area contributed by atoms with Crippen LogP contribution < -0.4 is 0 Å². The monoisotopic (exact) mass is 179 g/mol. The zero-order valence-electron chi connectivity index (χ0n) is 6.48. The van der Waals surface area contributed by atoms with Crippen LogP contribution >= 0.6 is 0 Å². The van der Waals surface area contributed by atoms with E-state index in [1.54, 1.807) is 0 Å². The number of aromatic amines is 1. The molecule has 0 amide bonds. The van der Waals surface area contributed by atoms with Crippen LogP contribution in [-0.2, 0) is 4.79 Å². The van der Waals surface area contributed by atoms with Crippen molar-refractivity contribution < 1.29 is 9.72 Å². The highest BCUT2D eigenvalue weighted by molar-refractivity contribution is 5.54. The molecule has 1 rings (SSSR count). The predicted octanol–water partition coefficient (Wildman–Crippen LogP) is 0.258. The molecule has 6 heteroatoms. The fourth-order valence-corrected chi connectivity index (χ4v) is 0.644. The third-order valence-corrected chi connectivity index (χ3v) is 1.15. The third-order valence-electron chi connectivity index (χ3n) is 1.15. The molecule has 0 spiro atoms. The summed E-state index contributed by atoms with van der Waals surface area (Å²) in [5.41, 5.74) is 0. The maximum absolute atomic E-state index is 10.2. The lowest BCUT2D eigenvalue weighted by Crippen LogP contribution is -1.86. The number of imidazole rings is 1. The standard InChI is InChI=1S/C7H5N3O3/c11-4-2-1-3-6-8-5-7(9-6)10(12)13/h4-5H,2H2,(H,8,9). The van der Waals surface area contributed by atoms with Crippen LogP contribution in [0.2, 0.25) is 0 Å². The number of aldehydes is 1. The van der Waals surface area contributed by atoms with Crippen molar-refractivity contribution in [2.24, 2.45) is 0 Å². The minimum atomic E-state index is -0.599. The number of rotatable bonds is 2. The molecule has 1 aromatic heterocycles. The number of hydrogen-bond acceptors (Lipinski definition) is 4. The summed E-state index contributed by atoms with van der Waals surface area (Å²) < 4.78 is 0. The van der Waals surface area contributed by atoms with Crippen molar-refractivity contribution in [2.45, 2.75) is 6.42 Å². The first-order valence-electron chi connectivity index (χ1n) is 3.36. The van der Waals surface area contributed by atoms with Gasteiger partial charge in [-0.1, -0.05) is 5.92 Å². The van der Waals surface area contributed by atoms with Crippen molar-refractivity contribution in [3.05, 3.63) is 22.1 Å². The quantitative estimate of drug-likeness (QED) is 0.305. The average Bonchev–Trinajstić information content (AvgIpc) is 2.53. The summed E-state index contributed by atoms with van der Waals surface area (Å²) in [6, 6.07) is 0. The molecule has 1 aromatic rings. The summed E-state index contributed by atoms with van der Waals surface area (Å²) in [7, 11) is 0. The number of aromatic nitrogens is 2. The van der Waals surface area contributed by atoms with Crippen molar-refractivity contribution in [1.82, 2.24) is 9.97 Å². The molecule has 0 aromatic carbocycles. The number of carbonyl (C=O) groups excluding carboxylic acids is 1. The van der Waals surface area contributed by atoms with Gasteiger partial charge in [-0.2, -0.15) is 0 Å². The molecule has 0 atom stereocenters. The molecule has 0 aliphatic heterocycles. The van der Waals surface area contributed by atoms with Gasteiger partial charge in [0.1, 0.15) is 12.5 Å². The maximum Gasteiger partial charge on any atom is 0.341 e. The molecule has 6 nitrogen and oxygen atoms in total. The van der Waals surface area contributed by atoms with Crippen molar-refractivity contribution in [3.63, 3.8) is 0 Å². The molecule has 1 heterocycles. The lowest BCUT2D eigenvalue weighted by molar-refractivity contribution is -0.389. The van der Waals surface area contributed by atoms with E-state index in [0.717, 1.165) is 6.20 Å². The van der Waals surface area contributed by atoms with Gasteiger partial charge in [0.15, 0.2) is 0 Å². The van der Waals surface area contributed by atoms with Crippen molar-refractivity contribution in [1.29, 1.82) is 0 Å². The highest BCUT2D eigenvalue weighted by Gasteiger charge is 2.06. The minimum absolute atomic E-state index is 0.0918. The summed E-state index contributed by atoms with van der Waals surface area (Å²) >= 11 is 0. The number of H-pyrrole nitrogens is 1. The van der Waals surface area contributed by atoms with Crippen LogP contribution in [0.3, 0.4) is 0 Å². The van der Waals surface area contributed by atoms with Crippen LogP contribution in [0.4, 0.5) is 5.82 Å². The Bertz CT molecular complexity index is 385. The number of nitrogens with one attached hydrogen (secondary N) is 1. The van der Waals surface area contributed by atoms with E-state index >= 15 is 0 Å². The zero-order chi connectivity index (χ0) is 9.68. The molecule has 0 unspecified atom stereocenters. The topological polar surface area (TPSA) is 88.9 Å². The van der Waals surface area contributed by atoms with E-state index in [-0.39, 0.29) is 18.1 Å². The fourth-order valence-electron chi connectivity index (χ4n) is 0.644. The first-order chi connectivity index (χ1) is 6.24. The molecule has 1 N–H and O–H groups in total. The smallest absolute Gasteiger partial charge is 0.341 e. The van der Waals surface area contributed by atoms with Gasteiger partial charge in [0.2, 0.25) is 0 Å². The Labute approximate surface area is 73.1 Å². The lowest BCUT2D eigenvalue weighted by atomic mass is 10.4. The summed E-state index contributed by atoms with van der Waals surface area (Å²) in [5.74, 6) is 4.91. The molecule has 0 radical (unpaired) electrons. The number of hydrogen-bond donors (Lipinski definition) is 1. The lowest BCUT2D eigenvalue weighted by Gasteiger charge is -1.83. The molecule has 0 saturated carbocycles. The second-order valence-electron chi connectivity index (χ2n) is 2.05. The summed E-state index contributed by atoms with van der Waals surface area (Å²) in [6.45, 7) is 0. The first-order valence-corrected chi connectivity index (χ1v) is 3.36. The van der Waals surface area contributed by atoms with E-state index in [2.05, 4.69) is 21.8 Å². The van der Waals surface area contributed by atoms with E-state index in [1.807, 2.05) is 0 Å². The van der Waals surface area contributed by atoms with Crippen molar-refractivity contribution >= 4 is 12.1 Å². The Hall–Kier alpha value is -2.16. The molecule has 0 aliphatic carbocycles. The number of nitrogens with zero attached hydrogens (tertiary/aromatic N) is 2. The Morgan fingerprint density at radius 2 is 2.54 bits per heavy atom. The summed E-state index contributed by atoms with van der Waals surface area (Å²) in [5, 5.41) is 10.2. The van der Waals surface area contributed by atoms with E-state index in [0.29, 0.717) is 6.29 Å². The molecule has 0 bridgehead atoms. The second-order valence-corrected chi connectivity index (χ2v) is 2.05. The molecule has 0 saturated heterocycles. The van der Waals surface area contributed by atoms with Gasteiger partial charge in [0, 0.05) is 0 Å². The van der Waals surface area contributed by atoms with Gasteiger partial charge in [-0.05, 0) is 10.8 Å². The van der Waals surface area contributed by atoms with Gasteiger partial charge in [-0.25, -0.2) is 9.97 Å². The summed E-state index contributed by atoms with van der Waals surface area (Å²) in [4.78, 5) is 25.4. The highest BCUT2D eigenvalue weighted by Crippen LogP contribution is 2.04. The van der Waals surface area contributed by atoms with Gasteiger partial charge in [0.05, 0.1) is 6.42 Å². The summed E-state index contributed by atoms with van der Waals surface area (Å²) in [6.07, 6.45) is 1.81. The van der Waals surface area contributed by atoms with E-state index < -0.39 is 4.92 Å². The second kappa shape index (κ2) is 4.01. The SMILES string of the molecule is O=CCC#Cc1ncc([N+](=O)[O-])[nH]1. The van der Waals surface area contributed by atoms with Crippen LogP contribution in [0.5, 0.6) is 0 Å². The first kappa shape index (κ1) is 8.93. The highest BCUT2D eigenvalue weighted by atomic mass is 16.6. The molecule has 66 valence electrons. The maximum atomic E-state index is 10.2. The van der Waals surface area contributed by atoms with Gasteiger partial charge >= 0.3 is 5.82 Å². The van der Waals surface area contributed by atoms with Gasteiger partial charge in [-0.15, -0.1) is 0 Å². The van der Waals surface area contributed by atoms with Crippen LogP contribution in [-0.4, -0.2) is 21.2 Å². The molecule has 13 heavy (non-hydrogen) atoms. The van der Waals surface area contributed by atoms with Crippen LogP contribution in [0.15, 0.2) is 6.20 Å². The normalized spacial score (nSPS) is 8.62. The van der Waals surface area contributed by atoms with E-state index in [1.165, 1.54) is 0 Å². The zero-order valence-corrected chi connectivity index (χ0v) is 6.48. The Kier molecular flexibility index (Phi) is 2.76. The van der Waals surface area contributed by atoms with E-state index in [4.69, 9.17) is 0 Å². The molecular weight excluding hydrogens is 174 g/mol. The van der Waals surface area contributed by atoms with Crippen molar-refractivity contribution in [3.8, 4) is 11.8 Å². The Morgan fingerprint density at radius 1 is 1.77 bits per heavy atom. The van der Waals surface area contributed by atoms with Crippen molar-refractivity contribution in [2.75, 3.05) is 0 Å².